The molecular weight excluding hydrogens is 205 g/mol. The van der Waals surface area contributed by atoms with E-state index >= 15 is 0 Å². The molecule has 1 radical (unpaired) electrons. The Morgan fingerprint density at radius 3 is 2.50 bits per heavy atom. The highest BCUT2D eigenvalue weighted by molar-refractivity contribution is 5.68. The molecule has 0 aliphatic heterocycles. The van der Waals surface area contributed by atoms with Crippen LogP contribution in [0, 0.1) is 6.42 Å². The van der Waals surface area contributed by atoms with Gasteiger partial charge in [-0.2, -0.15) is 0 Å². The first-order valence-corrected chi connectivity index (χ1v) is 4.94. The van der Waals surface area contributed by atoms with Gasteiger partial charge in [0.2, 0.25) is 6.36 Å². The standard InChI is InChI=1S/C13H11FNO/c14-13(16)9-11-3-1-2-4-12(11)10-5-7-15-8-6-10/h1-9,13,16H. The molecule has 1 aromatic carbocycles. The Bertz CT molecular complexity index is 456. The highest BCUT2D eigenvalue weighted by Gasteiger charge is 2.08. The van der Waals surface area contributed by atoms with Crippen LogP contribution in [0.5, 0.6) is 0 Å². The van der Waals surface area contributed by atoms with Gasteiger partial charge < -0.3 is 5.11 Å². The molecule has 81 valence electrons. The van der Waals surface area contributed by atoms with E-state index < -0.39 is 6.36 Å². The maximum atomic E-state index is 12.6. The summed E-state index contributed by atoms with van der Waals surface area (Å²) < 4.78 is 12.6. The van der Waals surface area contributed by atoms with Gasteiger partial charge in [0.1, 0.15) is 0 Å². The second kappa shape index (κ2) is 4.86. The van der Waals surface area contributed by atoms with Gasteiger partial charge >= 0.3 is 0 Å². The van der Waals surface area contributed by atoms with Gasteiger partial charge in [0, 0.05) is 12.4 Å². The molecule has 0 bridgehead atoms. The number of aromatic nitrogens is 1. The fraction of sp³-hybridized carbons (Fsp3) is 0.0769. The monoisotopic (exact) mass is 216 g/mol. The van der Waals surface area contributed by atoms with Crippen molar-refractivity contribution in [1.29, 1.82) is 0 Å². The van der Waals surface area contributed by atoms with E-state index in [-0.39, 0.29) is 0 Å². The zero-order chi connectivity index (χ0) is 11.4. The predicted molar refractivity (Wildman–Crippen MR) is 60.2 cm³/mol. The van der Waals surface area contributed by atoms with Crippen molar-refractivity contribution in [3.63, 3.8) is 0 Å². The molecule has 1 N–H and O–H groups in total. The van der Waals surface area contributed by atoms with Gasteiger partial charge in [-0.15, -0.1) is 0 Å². The maximum Gasteiger partial charge on any atom is 0.204 e. The van der Waals surface area contributed by atoms with Crippen molar-refractivity contribution in [2.75, 3.05) is 0 Å². The van der Waals surface area contributed by atoms with Crippen LogP contribution in [0.1, 0.15) is 5.56 Å². The number of benzene rings is 1. The first-order chi connectivity index (χ1) is 7.77. The van der Waals surface area contributed by atoms with Crippen LogP contribution >= 0.6 is 0 Å². The number of pyridine rings is 1. The second-order valence-electron chi connectivity index (χ2n) is 3.36. The van der Waals surface area contributed by atoms with E-state index in [2.05, 4.69) is 4.98 Å². The lowest BCUT2D eigenvalue weighted by Crippen LogP contribution is -2.00. The summed E-state index contributed by atoms with van der Waals surface area (Å²) in [5.74, 6) is 0. The minimum atomic E-state index is -1.94. The van der Waals surface area contributed by atoms with Gasteiger partial charge in [0.15, 0.2) is 0 Å². The van der Waals surface area contributed by atoms with Gasteiger partial charge in [-0.05, 0) is 28.8 Å². The van der Waals surface area contributed by atoms with Crippen molar-refractivity contribution < 1.29 is 9.50 Å². The third-order valence-corrected chi connectivity index (χ3v) is 2.27. The summed E-state index contributed by atoms with van der Waals surface area (Å²) in [6.45, 7) is 0. The Morgan fingerprint density at radius 1 is 1.12 bits per heavy atom. The van der Waals surface area contributed by atoms with E-state index in [4.69, 9.17) is 5.11 Å². The Kier molecular flexibility index (Phi) is 3.27. The molecule has 0 aliphatic carbocycles. The van der Waals surface area contributed by atoms with Gasteiger partial charge in [-0.25, -0.2) is 4.39 Å². The van der Waals surface area contributed by atoms with Gasteiger partial charge in [-0.1, -0.05) is 24.3 Å². The molecule has 2 aromatic rings. The van der Waals surface area contributed by atoms with Crippen LogP contribution < -0.4 is 0 Å². The number of aliphatic hydroxyl groups is 1. The highest BCUT2D eigenvalue weighted by atomic mass is 19.1. The normalized spacial score (nSPS) is 12.4. The van der Waals surface area contributed by atoms with E-state index in [0.717, 1.165) is 11.1 Å². The minimum Gasteiger partial charge on any atom is -0.364 e. The van der Waals surface area contributed by atoms with Gasteiger partial charge in [0.25, 0.3) is 0 Å². The summed E-state index contributed by atoms with van der Waals surface area (Å²) in [5, 5.41) is 8.74. The Morgan fingerprint density at radius 2 is 1.81 bits per heavy atom. The van der Waals surface area contributed by atoms with Crippen molar-refractivity contribution in [3.8, 4) is 11.1 Å². The third-order valence-electron chi connectivity index (χ3n) is 2.27. The molecule has 0 amide bonds. The summed E-state index contributed by atoms with van der Waals surface area (Å²) >= 11 is 0. The van der Waals surface area contributed by atoms with Crippen molar-refractivity contribution in [2.24, 2.45) is 0 Å². The summed E-state index contributed by atoms with van der Waals surface area (Å²) in [6, 6.07) is 11.0. The minimum absolute atomic E-state index is 0.670. The Labute approximate surface area is 93.4 Å². The predicted octanol–water partition coefficient (Wildman–Crippen LogP) is 2.59. The highest BCUT2D eigenvalue weighted by Crippen LogP contribution is 2.24. The number of halogens is 1. The van der Waals surface area contributed by atoms with Gasteiger partial charge in [-0.3, -0.25) is 4.98 Å². The molecule has 0 spiro atoms. The lowest BCUT2D eigenvalue weighted by molar-refractivity contribution is 0.0760. The Hall–Kier alpha value is -1.74. The molecule has 16 heavy (non-hydrogen) atoms. The first-order valence-electron chi connectivity index (χ1n) is 4.94. The lowest BCUT2D eigenvalue weighted by atomic mass is 9.99. The quantitative estimate of drug-likeness (QED) is 0.855. The van der Waals surface area contributed by atoms with Crippen molar-refractivity contribution in [1.82, 2.24) is 4.98 Å². The van der Waals surface area contributed by atoms with Crippen molar-refractivity contribution >= 4 is 0 Å². The molecule has 1 heterocycles. The van der Waals surface area contributed by atoms with E-state index in [1.807, 2.05) is 24.3 Å². The number of nitrogens with zero attached hydrogens (tertiary/aromatic N) is 1. The number of hydrogen-bond acceptors (Lipinski definition) is 2. The topological polar surface area (TPSA) is 33.1 Å². The largest absolute Gasteiger partial charge is 0.364 e. The molecule has 0 aliphatic rings. The summed E-state index contributed by atoms with van der Waals surface area (Å²) in [7, 11) is 0. The van der Waals surface area contributed by atoms with Crippen LogP contribution in [0.2, 0.25) is 0 Å². The number of alkyl halides is 1. The summed E-state index contributed by atoms with van der Waals surface area (Å²) in [4.78, 5) is 3.93. The van der Waals surface area contributed by atoms with Crippen LogP contribution in [0.15, 0.2) is 48.8 Å². The fourth-order valence-corrected chi connectivity index (χ4v) is 1.58. The van der Waals surface area contributed by atoms with Crippen molar-refractivity contribution in [2.45, 2.75) is 6.36 Å². The van der Waals surface area contributed by atoms with Crippen LogP contribution in [0.4, 0.5) is 4.39 Å². The summed E-state index contributed by atoms with van der Waals surface area (Å²) in [5.41, 5.74) is 2.49. The third kappa shape index (κ3) is 2.44. The van der Waals surface area contributed by atoms with Gasteiger partial charge in [0.05, 0.1) is 6.42 Å². The molecule has 0 fully saturated rings. The average Bonchev–Trinajstić information content (AvgIpc) is 2.30. The SMILES string of the molecule is OC(F)[CH]c1ccccc1-c1ccncc1. The fourth-order valence-electron chi connectivity index (χ4n) is 1.58. The lowest BCUT2D eigenvalue weighted by Gasteiger charge is -2.09. The van der Waals surface area contributed by atoms with Crippen LogP contribution in [0.25, 0.3) is 11.1 Å². The summed E-state index contributed by atoms with van der Waals surface area (Å²) in [6.07, 6.45) is 2.59. The second-order valence-corrected chi connectivity index (χ2v) is 3.36. The Balaban J connectivity index is 2.41. The molecule has 1 unspecified atom stereocenters. The molecule has 1 atom stereocenters. The molecule has 1 aromatic heterocycles. The molecule has 3 heteroatoms. The molecule has 0 saturated carbocycles. The van der Waals surface area contributed by atoms with Crippen LogP contribution in [0.3, 0.4) is 0 Å². The van der Waals surface area contributed by atoms with E-state index in [1.54, 1.807) is 24.5 Å². The number of aliphatic hydroxyl groups excluding tert-OH is 1. The van der Waals surface area contributed by atoms with Crippen molar-refractivity contribution in [3.05, 3.63) is 60.8 Å². The zero-order valence-corrected chi connectivity index (χ0v) is 8.55. The zero-order valence-electron chi connectivity index (χ0n) is 8.55. The molecule has 2 nitrogen and oxygen atoms in total. The number of rotatable bonds is 3. The first kappa shape index (κ1) is 10.8. The number of hydrogen-bond donors (Lipinski definition) is 1. The van der Waals surface area contributed by atoms with Crippen LogP contribution in [-0.2, 0) is 0 Å². The molecule has 2 rings (SSSR count). The van der Waals surface area contributed by atoms with E-state index in [9.17, 15) is 4.39 Å². The van der Waals surface area contributed by atoms with Crippen LogP contribution in [-0.4, -0.2) is 16.4 Å². The average molecular weight is 216 g/mol. The maximum absolute atomic E-state index is 12.6. The molecular formula is C13H11FNO. The van der Waals surface area contributed by atoms with E-state index in [1.165, 1.54) is 6.42 Å². The molecule has 0 saturated heterocycles. The van der Waals surface area contributed by atoms with E-state index in [0.29, 0.717) is 5.56 Å². The smallest absolute Gasteiger partial charge is 0.204 e.